The number of aromatic amines is 1. The summed E-state index contributed by atoms with van der Waals surface area (Å²) in [5.41, 5.74) is 0.120. The number of pyridine rings is 2. The van der Waals surface area contributed by atoms with E-state index in [1.807, 2.05) is 0 Å². The number of hydrogen-bond donors (Lipinski definition) is 3. The Morgan fingerprint density at radius 3 is 2.73 bits per heavy atom. The van der Waals surface area contributed by atoms with Gasteiger partial charge in [0.1, 0.15) is 35.9 Å². The lowest BCUT2D eigenvalue weighted by Gasteiger charge is -2.10. The van der Waals surface area contributed by atoms with E-state index in [9.17, 15) is 22.4 Å². The minimum Gasteiger partial charge on any atom is -0.495 e. The van der Waals surface area contributed by atoms with Gasteiger partial charge in [0.15, 0.2) is 5.78 Å². The van der Waals surface area contributed by atoms with Crippen LogP contribution in [0.5, 0.6) is 5.75 Å². The lowest BCUT2D eigenvalue weighted by atomic mass is 10.0. The molecule has 170 valence electrons. The number of rotatable bonds is 7. The molecule has 0 aliphatic rings. The monoisotopic (exact) mass is 461 g/mol. The van der Waals surface area contributed by atoms with Crippen molar-refractivity contribution in [1.29, 1.82) is 0 Å². The molecule has 0 aromatic carbocycles. The molecule has 0 fully saturated rings. The molecule has 0 saturated carbocycles. The average molecular weight is 461 g/mol. The number of ether oxygens (including phenoxy) is 1. The van der Waals surface area contributed by atoms with Crippen LogP contribution in [0.25, 0.3) is 11.0 Å². The molecule has 4 aromatic heterocycles. The van der Waals surface area contributed by atoms with Crippen molar-refractivity contribution in [3.05, 3.63) is 60.2 Å². The molecule has 9 nitrogen and oxygen atoms in total. The Morgan fingerprint density at radius 1 is 1.18 bits per heavy atom. The molecule has 0 amide bonds. The number of nitrogens with zero attached hydrogens (tertiary/aromatic N) is 4. The second-order valence-electron chi connectivity index (χ2n) is 6.72. The van der Waals surface area contributed by atoms with Crippen molar-refractivity contribution >= 4 is 34.1 Å². The molecule has 13 heteroatoms. The number of carbonyl (C=O) groups is 1. The van der Waals surface area contributed by atoms with Gasteiger partial charge in [-0.1, -0.05) is 0 Å². The Labute approximate surface area is 183 Å². The summed E-state index contributed by atoms with van der Waals surface area (Å²) < 4.78 is 57.7. The summed E-state index contributed by atoms with van der Waals surface area (Å²) in [7, 11) is 1.47. The average Bonchev–Trinajstić information content (AvgIpc) is 3.22. The van der Waals surface area contributed by atoms with Gasteiger partial charge in [-0.2, -0.15) is 17.6 Å². The van der Waals surface area contributed by atoms with Gasteiger partial charge in [-0.15, -0.1) is 0 Å². The largest absolute Gasteiger partial charge is 0.495 e. The first kappa shape index (κ1) is 21.9. The van der Waals surface area contributed by atoms with Crippen LogP contribution in [-0.4, -0.2) is 50.5 Å². The number of carbonyl (C=O) groups excluding carboxylic acids is 1. The van der Waals surface area contributed by atoms with Crippen molar-refractivity contribution in [3.63, 3.8) is 0 Å². The van der Waals surface area contributed by atoms with Crippen LogP contribution in [0.4, 0.5) is 34.9 Å². The SMILES string of the molecule is COc1cncc(Nc2ccc(C(=O)c3c[nH]c4ncnc(NCC(F)(F)F)c34)c(F)n2)c1. The standard InChI is InChI=1S/C20H15F4N7O2/c1-33-11-4-10(5-25-6-11)30-14-3-2-12(17(21)31-14)16(32)13-7-26-18-15(13)19(29-9-28-18)27-8-20(22,23)24/h2-7,9H,8H2,1H3,(H,30,31)(H2,26,27,28,29). The van der Waals surface area contributed by atoms with E-state index >= 15 is 0 Å². The molecule has 3 N–H and O–H groups in total. The summed E-state index contributed by atoms with van der Waals surface area (Å²) >= 11 is 0. The van der Waals surface area contributed by atoms with Gasteiger partial charge in [-0.05, 0) is 12.1 Å². The lowest BCUT2D eigenvalue weighted by molar-refractivity contribution is -0.115. The molecule has 0 aliphatic heterocycles. The molecular weight excluding hydrogens is 446 g/mol. The van der Waals surface area contributed by atoms with Crippen LogP contribution in [0.15, 0.2) is 43.1 Å². The number of methoxy groups -OCH3 is 1. The summed E-state index contributed by atoms with van der Waals surface area (Å²) in [4.78, 5) is 31.1. The highest BCUT2D eigenvalue weighted by Crippen LogP contribution is 2.28. The van der Waals surface area contributed by atoms with E-state index < -0.39 is 24.5 Å². The molecule has 0 radical (unpaired) electrons. The van der Waals surface area contributed by atoms with Crippen molar-refractivity contribution < 1.29 is 27.1 Å². The number of hydrogen-bond acceptors (Lipinski definition) is 8. The van der Waals surface area contributed by atoms with E-state index in [2.05, 4.69) is 35.6 Å². The zero-order valence-electron chi connectivity index (χ0n) is 16.9. The summed E-state index contributed by atoms with van der Waals surface area (Å²) in [6.45, 7) is -1.37. The van der Waals surface area contributed by atoms with E-state index in [4.69, 9.17) is 4.74 Å². The van der Waals surface area contributed by atoms with Crippen molar-refractivity contribution in [2.45, 2.75) is 6.18 Å². The van der Waals surface area contributed by atoms with Crippen molar-refractivity contribution in [2.24, 2.45) is 0 Å². The van der Waals surface area contributed by atoms with Crippen molar-refractivity contribution in [1.82, 2.24) is 24.9 Å². The molecule has 0 bridgehead atoms. The highest BCUT2D eigenvalue weighted by Gasteiger charge is 2.28. The quantitative estimate of drug-likeness (QED) is 0.216. The first-order valence-electron chi connectivity index (χ1n) is 9.35. The van der Waals surface area contributed by atoms with Crippen molar-refractivity contribution in [2.75, 3.05) is 24.3 Å². The van der Waals surface area contributed by atoms with Gasteiger partial charge in [-0.3, -0.25) is 9.78 Å². The van der Waals surface area contributed by atoms with Gasteiger partial charge in [0.2, 0.25) is 5.95 Å². The fourth-order valence-corrected chi connectivity index (χ4v) is 3.02. The minimum absolute atomic E-state index is 0.0100. The highest BCUT2D eigenvalue weighted by atomic mass is 19.4. The number of H-pyrrole nitrogens is 1. The van der Waals surface area contributed by atoms with Gasteiger partial charge in [0.05, 0.1) is 41.7 Å². The topological polar surface area (TPSA) is 118 Å². The number of fused-ring (bicyclic) bond motifs is 1. The highest BCUT2D eigenvalue weighted by molar-refractivity contribution is 6.18. The van der Waals surface area contributed by atoms with Crippen LogP contribution in [0.2, 0.25) is 0 Å². The fraction of sp³-hybridized carbons (Fsp3) is 0.150. The van der Waals surface area contributed by atoms with Crippen LogP contribution < -0.4 is 15.4 Å². The van der Waals surface area contributed by atoms with Gasteiger partial charge in [0.25, 0.3) is 0 Å². The van der Waals surface area contributed by atoms with Crippen LogP contribution in [0, 0.1) is 5.95 Å². The van der Waals surface area contributed by atoms with Crippen LogP contribution in [-0.2, 0) is 0 Å². The number of ketones is 1. The van der Waals surface area contributed by atoms with Gasteiger partial charge in [0, 0.05) is 12.3 Å². The second-order valence-corrected chi connectivity index (χ2v) is 6.72. The van der Waals surface area contributed by atoms with Crippen LogP contribution >= 0.6 is 0 Å². The third-order valence-electron chi connectivity index (χ3n) is 4.49. The maximum Gasteiger partial charge on any atom is 0.405 e. The molecule has 33 heavy (non-hydrogen) atoms. The molecule has 0 unspecified atom stereocenters. The van der Waals surface area contributed by atoms with Gasteiger partial charge >= 0.3 is 6.18 Å². The summed E-state index contributed by atoms with van der Waals surface area (Å²) in [5.74, 6) is -1.50. The van der Waals surface area contributed by atoms with Crippen LogP contribution in [0.3, 0.4) is 0 Å². The van der Waals surface area contributed by atoms with E-state index in [0.29, 0.717) is 11.4 Å². The summed E-state index contributed by atoms with van der Waals surface area (Å²) in [5, 5.41) is 4.99. The first-order chi connectivity index (χ1) is 15.7. The normalized spacial score (nSPS) is 11.4. The molecular formula is C20H15F4N7O2. The van der Waals surface area contributed by atoms with Crippen LogP contribution in [0.1, 0.15) is 15.9 Å². The predicted molar refractivity (Wildman–Crippen MR) is 110 cm³/mol. The molecule has 0 aliphatic carbocycles. The number of nitrogens with one attached hydrogen (secondary N) is 3. The molecule has 0 atom stereocenters. The third-order valence-corrected chi connectivity index (χ3v) is 4.49. The summed E-state index contributed by atoms with van der Waals surface area (Å²) in [6.07, 6.45) is 0.733. The number of anilines is 3. The lowest BCUT2D eigenvalue weighted by Crippen LogP contribution is -2.22. The predicted octanol–water partition coefficient (Wildman–Crippen LogP) is 3.84. The van der Waals surface area contributed by atoms with Crippen molar-refractivity contribution in [3.8, 4) is 5.75 Å². The Morgan fingerprint density at radius 2 is 2.00 bits per heavy atom. The van der Waals surface area contributed by atoms with Gasteiger partial charge in [-0.25, -0.2) is 15.0 Å². The minimum atomic E-state index is -4.51. The maximum atomic E-state index is 14.7. The van der Waals surface area contributed by atoms with E-state index in [-0.39, 0.29) is 33.8 Å². The van der Waals surface area contributed by atoms with E-state index in [0.717, 1.165) is 6.33 Å². The Kier molecular flexibility index (Phi) is 5.77. The van der Waals surface area contributed by atoms with Gasteiger partial charge < -0.3 is 20.4 Å². The van der Waals surface area contributed by atoms with E-state index in [1.165, 1.54) is 37.8 Å². The second kappa shape index (κ2) is 8.68. The molecule has 4 aromatic rings. The first-order valence-corrected chi connectivity index (χ1v) is 9.35. The number of aromatic nitrogens is 5. The summed E-state index contributed by atoms with van der Waals surface area (Å²) in [6, 6.07) is 4.21. The molecule has 0 saturated heterocycles. The molecule has 0 spiro atoms. The Bertz CT molecular complexity index is 1320. The zero-order valence-corrected chi connectivity index (χ0v) is 16.9. The van der Waals surface area contributed by atoms with E-state index in [1.54, 1.807) is 6.07 Å². The smallest absolute Gasteiger partial charge is 0.405 e. The maximum absolute atomic E-state index is 14.7. The number of halogens is 4. The Hall–Kier alpha value is -4.29. The third kappa shape index (κ3) is 4.81. The molecule has 4 heterocycles. The zero-order chi connectivity index (χ0) is 23.6. The fourth-order valence-electron chi connectivity index (χ4n) is 3.02. The number of alkyl halides is 3. The molecule has 4 rings (SSSR count). The Balaban J connectivity index is 1.63.